The maximum absolute atomic E-state index is 8.43. The Morgan fingerprint density at radius 1 is 1.58 bits per heavy atom. The predicted molar refractivity (Wildman–Crippen MR) is 51.1 cm³/mol. The molecule has 0 spiro atoms. The zero-order chi connectivity index (χ0) is 9.78. The maximum Gasteiger partial charge on any atom is 0.0985 e. The van der Waals surface area contributed by atoms with Gasteiger partial charge in [0.2, 0.25) is 0 Å². The first-order valence-corrected chi connectivity index (χ1v) is 3.90. The van der Waals surface area contributed by atoms with Crippen LogP contribution >= 0.6 is 0 Å². The largest absolute Gasteiger partial charge is 0.402 e. The lowest BCUT2D eigenvalue weighted by molar-refractivity contribution is 0.408. The van der Waals surface area contributed by atoms with Crippen molar-refractivity contribution in [2.75, 3.05) is 0 Å². The van der Waals surface area contributed by atoms with Gasteiger partial charge in [0.05, 0.1) is 6.07 Å². The van der Waals surface area contributed by atoms with Gasteiger partial charge in [-0.3, -0.25) is 0 Å². The van der Waals surface area contributed by atoms with Crippen molar-refractivity contribution < 1.29 is 0 Å². The summed E-state index contributed by atoms with van der Waals surface area (Å²) >= 11 is 0. The standard InChI is InChI=1S/C10H16N2/c1-8(7-11)5-9(12)6-10(2,3)4/h5H,1,6,12H2,2-4H3/b9-5+. The zero-order valence-electron chi connectivity index (χ0n) is 8.02. The molecule has 0 amide bonds. The molecule has 0 aromatic rings. The molecule has 0 rings (SSSR count). The third-order valence-corrected chi connectivity index (χ3v) is 1.24. The molecule has 0 saturated carbocycles. The first-order chi connectivity index (χ1) is 5.35. The van der Waals surface area contributed by atoms with Gasteiger partial charge in [0.15, 0.2) is 0 Å². The fraction of sp³-hybridized carbons (Fsp3) is 0.500. The van der Waals surface area contributed by atoms with Crippen molar-refractivity contribution >= 4 is 0 Å². The quantitative estimate of drug-likeness (QED) is 0.503. The van der Waals surface area contributed by atoms with E-state index in [4.69, 9.17) is 11.0 Å². The van der Waals surface area contributed by atoms with E-state index in [1.807, 2.05) is 6.07 Å². The Hall–Kier alpha value is -1.23. The minimum atomic E-state index is 0.163. The summed E-state index contributed by atoms with van der Waals surface area (Å²) in [6, 6.07) is 1.93. The minimum Gasteiger partial charge on any atom is -0.402 e. The number of nitrogens with zero attached hydrogens (tertiary/aromatic N) is 1. The van der Waals surface area contributed by atoms with Crippen molar-refractivity contribution in [3.8, 4) is 6.07 Å². The molecule has 0 saturated heterocycles. The molecule has 66 valence electrons. The molecular weight excluding hydrogens is 148 g/mol. The minimum absolute atomic E-state index is 0.163. The van der Waals surface area contributed by atoms with Crippen LogP contribution < -0.4 is 5.73 Å². The van der Waals surface area contributed by atoms with Crippen molar-refractivity contribution in [1.29, 1.82) is 5.26 Å². The Kier molecular flexibility index (Phi) is 3.56. The Labute approximate surface area is 74.4 Å². The molecule has 0 aliphatic heterocycles. The number of nitriles is 1. The summed E-state index contributed by atoms with van der Waals surface area (Å²) in [6.45, 7) is 9.83. The fourth-order valence-electron chi connectivity index (χ4n) is 0.919. The van der Waals surface area contributed by atoms with Crippen LogP contribution in [0.25, 0.3) is 0 Å². The topological polar surface area (TPSA) is 49.8 Å². The van der Waals surface area contributed by atoms with E-state index >= 15 is 0 Å². The van der Waals surface area contributed by atoms with Crippen LogP contribution in [-0.2, 0) is 0 Å². The lowest BCUT2D eigenvalue weighted by atomic mass is 9.90. The first-order valence-electron chi connectivity index (χ1n) is 3.90. The van der Waals surface area contributed by atoms with E-state index in [2.05, 4.69) is 27.4 Å². The molecule has 0 fully saturated rings. The van der Waals surface area contributed by atoms with E-state index in [0.29, 0.717) is 11.3 Å². The normalized spacial score (nSPS) is 12.3. The average Bonchev–Trinajstić information content (AvgIpc) is 1.82. The molecular formula is C10H16N2. The molecule has 0 aliphatic carbocycles. The third kappa shape index (κ3) is 5.55. The highest BCUT2D eigenvalue weighted by Gasteiger charge is 2.10. The summed E-state index contributed by atoms with van der Waals surface area (Å²) in [5.74, 6) is 0. The number of rotatable bonds is 2. The number of hydrogen-bond acceptors (Lipinski definition) is 2. The molecule has 0 aromatic heterocycles. The molecule has 2 nitrogen and oxygen atoms in total. The highest BCUT2D eigenvalue weighted by molar-refractivity contribution is 5.31. The van der Waals surface area contributed by atoms with Crippen molar-refractivity contribution in [3.05, 3.63) is 23.9 Å². The second-order valence-electron chi connectivity index (χ2n) is 4.09. The van der Waals surface area contributed by atoms with Gasteiger partial charge in [-0.15, -0.1) is 0 Å². The van der Waals surface area contributed by atoms with E-state index < -0.39 is 0 Å². The summed E-state index contributed by atoms with van der Waals surface area (Å²) in [5, 5.41) is 8.43. The lowest BCUT2D eigenvalue weighted by Gasteiger charge is -2.17. The Balaban J connectivity index is 4.24. The molecule has 0 heterocycles. The van der Waals surface area contributed by atoms with Crippen LogP contribution in [0, 0.1) is 16.7 Å². The molecule has 0 atom stereocenters. The Morgan fingerprint density at radius 2 is 2.08 bits per heavy atom. The third-order valence-electron chi connectivity index (χ3n) is 1.24. The van der Waals surface area contributed by atoms with Gasteiger partial charge < -0.3 is 5.73 Å². The molecule has 2 heteroatoms. The van der Waals surface area contributed by atoms with Crippen LogP contribution in [0.2, 0.25) is 0 Å². The monoisotopic (exact) mass is 164 g/mol. The second-order valence-corrected chi connectivity index (χ2v) is 4.09. The zero-order valence-corrected chi connectivity index (χ0v) is 8.02. The average molecular weight is 164 g/mol. The van der Waals surface area contributed by atoms with Crippen molar-refractivity contribution in [2.24, 2.45) is 11.1 Å². The van der Waals surface area contributed by atoms with Gasteiger partial charge in [0, 0.05) is 11.3 Å². The van der Waals surface area contributed by atoms with E-state index in [1.54, 1.807) is 6.08 Å². The van der Waals surface area contributed by atoms with Crippen LogP contribution in [0.15, 0.2) is 23.9 Å². The summed E-state index contributed by atoms with van der Waals surface area (Å²) in [7, 11) is 0. The molecule has 0 radical (unpaired) electrons. The molecule has 2 N–H and O–H groups in total. The van der Waals surface area contributed by atoms with Gasteiger partial charge in [0.1, 0.15) is 0 Å². The van der Waals surface area contributed by atoms with Crippen LogP contribution in [0.5, 0.6) is 0 Å². The summed E-state index contributed by atoms with van der Waals surface area (Å²) < 4.78 is 0. The highest BCUT2D eigenvalue weighted by Crippen LogP contribution is 2.21. The van der Waals surface area contributed by atoms with Crippen LogP contribution in [0.4, 0.5) is 0 Å². The summed E-state index contributed by atoms with van der Waals surface area (Å²) in [6.07, 6.45) is 2.42. The van der Waals surface area contributed by atoms with E-state index in [9.17, 15) is 0 Å². The second kappa shape index (κ2) is 3.96. The van der Waals surface area contributed by atoms with E-state index in [-0.39, 0.29) is 5.41 Å². The van der Waals surface area contributed by atoms with E-state index in [0.717, 1.165) is 6.42 Å². The molecule has 0 aliphatic rings. The van der Waals surface area contributed by atoms with Crippen molar-refractivity contribution in [2.45, 2.75) is 27.2 Å². The van der Waals surface area contributed by atoms with Crippen LogP contribution in [0.3, 0.4) is 0 Å². The maximum atomic E-state index is 8.43. The van der Waals surface area contributed by atoms with Gasteiger partial charge in [-0.1, -0.05) is 27.4 Å². The number of nitrogens with two attached hydrogens (primary N) is 1. The molecule has 0 unspecified atom stereocenters. The predicted octanol–water partition coefficient (Wildman–Crippen LogP) is 2.34. The molecule has 12 heavy (non-hydrogen) atoms. The first kappa shape index (κ1) is 10.8. The van der Waals surface area contributed by atoms with Gasteiger partial charge in [-0.05, 0) is 17.9 Å². The molecule has 0 bridgehead atoms. The smallest absolute Gasteiger partial charge is 0.0985 e. The Bertz CT molecular complexity index is 236. The van der Waals surface area contributed by atoms with Gasteiger partial charge in [-0.2, -0.15) is 5.26 Å². The number of allylic oxidation sites excluding steroid dienone is 3. The van der Waals surface area contributed by atoms with Crippen LogP contribution in [-0.4, -0.2) is 0 Å². The summed E-state index contributed by atoms with van der Waals surface area (Å²) in [4.78, 5) is 0. The lowest BCUT2D eigenvalue weighted by Crippen LogP contribution is -2.11. The molecule has 0 aromatic carbocycles. The van der Waals surface area contributed by atoms with Crippen molar-refractivity contribution in [1.82, 2.24) is 0 Å². The summed E-state index contributed by atoms with van der Waals surface area (Å²) in [5.41, 5.74) is 6.98. The van der Waals surface area contributed by atoms with Crippen molar-refractivity contribution in [3.63, 3.8) is 0 Å². The Morgan fingerprint density at radius 3 is 2.42 bits per heavy atom. The number of hydrogen-bond donors (Lipinski definition) is 1. The van der Waals surface area contributed by atoms with Gasteiger partial charge in [-0.25, -0.2) is 0 Å². The SMILES string of the molecule is C=C(C#N)/C=C(/N)CC(C)(C)C. The van der Waals surface area contributed by atoms with E-state index in [1.165, 1.54) is 0 Å². The van der Waals surface area contributed by atoms with Gasteiger partial charge in [0.25, 0.3) is 0 Å². The highest BCUT2D eigenvalue weighted by atomic mass is 14.6. The van der Waals surface area contributed by atoms with Gasteiger partial charge >= 0.3 is 0 Å². The fourth-order valence-corrected chi connectivity index (χ4v) is 0.919. The van der Waals surface area contributed by atoms with Crippen LogP contribution in [0.1, 0.15) is 27.2 Å².